The fourth-order valence-electron chi connectivity index (χ4n) is 4.82. The molecule has 0 spiro atoms. The Morgan fingerprint density at radius 2 is 1.51 bits per heavy atom. The number of fused-ring (bicyclic) bond motifs is 1. The number of pyridine rings is 1. The molecule has 3 N–H and O–H groups in total. The monoisotopic (exact) mass is 488 g/mol. The van der Waals surface area contributed by atoms with Crippen molar-refractivity contribution in [2.24, 2.45) is 11.8 Å². The lowest BCUT2D eigenvalue weighted by Gasteiger charge is -2.36. The second kappa shape index (κ2) is 12.4. The Bertz CT molecular complexity index is 891. The molecule has 3 heterocycles. The van der Waals surface area contributed by atoms with Crippen molar-refractivity contribution in [1.82, 2.24) is 14.8 Å². The molecule has 2 saturated heterocycles. The Morgan fingerprint density at radius 3 is 2.00 bits per heavy atom. The summed E-state index contributed by atoms with van der Waals surface area (Å²) < 4.78 is 0. The number of amides is 2. The molecule has 1 unspecified atom stereocenters. The number of aliphatic hydroxyl groups excluding tert-OH is 1. The summed E-state index contributed by atoms with van der Waals surface area (Å²) in [5.74, 6) is -1.94. The molecule has 35 heavy (non-hydrogen) atoms. The van der Waals surface area contributed by atoms with Crippen LogP contribution in [0.15, 0.2) is 36.5 Å². The van der Waals surface area contributed by atoms with Gasteiger partial charge in [-0.3, -0.25) is 19.4 Å². The second-order valence-electron chi connectivity index (χ2n) is 8.92. The van der Waals surface area contributed by atoms with Crippen LogP contribution in [-0.2, 0) is 19.2 Å². The van der Waals surface area contributed by atoms with Gasteiger partial charge in [-0.05, 0) is 25.0 Å². The molecular formula is C24H32N4O7. The molecule has 190 valence electrons. The quantitative estimate of drug-likeness (QED) is 0.364. The smallest absolute Gasteiger partial charge is 0.328 e. The number of anilines is 1. The van der Waals surface area contributed by atoms with Gasteiger partial charge in [-0.1, -0.05) is 18.9 Å². The van der Waals surface area contributed by atoms with E-state index >= 15 is 0 Å². The zero-order valence-corrected chi connectivity index (χ0v) is 19.5. The number of nitrogens with zero attached hydrogens (tertiary/aromatic N) is 4. The van der Waals surface area contributed by atoms with E-state index in [4.69, 9.17) is 10.2 Å². The molecule has 4 rings (SSSR count). The standard InChI is InChI=1S/C20H28N4O3.C4H4O4/c25-15(14-24-19(26)16-5-1-2-6-17(16)20(24)27)13-22-9-11-23(12-10-22)18-7-3-4-8-21-18;5-3(6)1-2-4(7)8/h3-4,7-8,15-17,25H,1-2,5-6,9-14H2;1-2H,(H,5,6)(H,7,8)/b;2-1-/t15?,16-,17+;. The maximum atomic E-state index is 12.5. The van der Waals surface area contributed by atoms with Crippen molar-refractivity contribution in [3.8, 4) is 0 Å². The molecule has 3 fully saturated rings. The number of rotatable bonds is 7. The van der Waals surface area contributed by atoms with Crippen molar-refractivity contribution in [1.29, 1.82) is 0 Å². The summed E-state index contributed by atoms with van der Waals surface area (Å²) in [7, 11) is 0. The van der Waals surface area contributed by atoms with Crippen LogP contribution in [-0.4, -0.2) is 99.2 Å². The van der Waals surface area contributed by atoms with Crippen LogP contribution < -0.4 is 4.90 Å². The van der Waals surface area contributed by atoms with E-state index in [1.165, 1.54) is 4.90 Å². The molecule has 1 saturated carbocycles. The number of aromatic nitrogens is 1. The Balaban J connectivity index is 0.000000371. The molecule has 2 amide bonds. The summed E-state index contributed by atoms with van der Waals surface area (Å²) >= 11 is 0. The van der Waals surface area contributed by atoms with Gasteiger partial charge in [0.05, 0.1) is 24.5 Å². The Hall–Kier alpha value is -3.31. The van der Waals surface area contributed by atoms with E-state index in [1.54, 1.807) is 6.20 Å². The lowest BCUT2D eigenvalue weighted by atomic mass is 9.81. The van der Waals surface area contributed by atoms with Gasteiger partial charge in [0.25, 0.3) is 0 Å². The van der Waals surface area contributed by atoms with Crippen LogP contribution in [0.25, 0.3) is 0 Å². The first-order valence-corrected chi connectivity index (χ1v) is 11.8. The number of carbonyl (C=O) groups excluding carboxylic acids is 2. The average molecular weight is 489 g/mol. The molecule has 3 atom stereocenters. The summed E-state index contributed by atoms with van der Waals surface area (Å²) in [5.41, 5.74) is 0. The SMILES string of the molecule is O=C(O)/C=C\C(=O)O.O=C1[C@H]2CCCC[C@H]2C(=O)N1CC(O)CN1CCN(c2ccccn2)CC1. The second-order valence-corrected chi connectivity index (χ2v) is 8.92. The highest BCUT2D eigenvalue weighted by Crippen LogP contribution is 2.38. The van der Waals surface area contributed by atoms with Gasteiger partial charge in [-0.25, -0.2) is 14.6 Å². The summed E-state index contributed by atoms with van der Waals surface area (Å²) in [5, 5.41) is 26.1. The first-order chi connectivity index (χ1) is 16.8. The van der Waals surface area contributed by atoms with Crippen LogP contribution in [0, 0.1) is 11.8 Å². The van der Waals surface area contributed by atoms with Gasteiger partial charge in [-0.2, -0.15) is 0 Å². The molecule has 0 aromatic carbocycles. The number of hydrogen-bond donors (Lipinski definition) is 3. The number of piperazine rings is 1. The number of carbonyl (C=O) groups is 4. The first-order valence-electron chi connectivity index (χ1n) is 11.8. The van der Waals surface area contributed by atoms with Crippen LogP contribution in [0.4, 0.5) is 5.82 Å². The Labute approximate surface area is 203 Å². The third-order valence-electron chi connectivity index (χ3n) is 6.51. The Kier molecular flexibility index (Phi) is 9.32. The minimum Gasteiger partial charge on any atom is -0.478 e. The average Bonchev–Trinajstić information content (AvgIpc) is 3.09. The highest BCUT2D eigenvalue weighted by molar-refractivity contribution is 6.05. The molecule has 3 aliphatic rings. The molecule has 0 radical (unpaired) electrons. The normalized spacial score (nSPS) is 23.6. The number of aliphatic hydroxyl groups is 1. The third-order valence-corrected chi connectivity index (χ3v) is 6.51. The number of likely N-dealkylation sites (tertiary alicyclic amines) is 1. The van der Waals surface area contributed by atoms with Crippen molar-refractivity contribution >= 4 is 29.6 Å². The summed E-state index contributed by atoms with van der Waals surface area (Å²) in [6, 6.07) is 5.90. The van der Waals surface area contributed by atoms with E-state index in [1.807, 2.05) is 18.2 Å². The van der Waals surface area contributed by atoms with Crippen LogP contribution in [0.5, 0.6) is 0 Å². The van der Waals surface area contributed by atoms with Gasteiger partial charge in [0, 0.05) is 51.1 Å². The number of β-amino-alcohol motifs (C(OH)–C–C–N with tert-alkyl or cyclic N) is 1. The molecule has 1 aromatic rings. The lowest BCUT2D eigenvalue weighted by molar-refractivity contribution is -0.142. The number of aliphatic carboxylic acids is 2. The molecular weight excluding hydrogens is 456 g/mol. The zero-order valence-electron chi connectivity index (χ0n) is 19.5. The Morgan fingerprint density at radius 1 is 0.943 bits per heavy atom. The van der Waals surface area contributed by atoms with Gasteiger partial charge in [0.1, 0.15) is 5.82 Å². The highest BCUT2D eigenvalue weighted by atomic mass is 16.4. The van der Waals surface area contributed by atoms with E-state index in [-0.39, 0.29) is 30.2 Å². The molecule has 1 aliphatic carbocycles. The van der Waals surface area contributed by atoms with Crippen molar-refractivity contribution in [2.75, 3.05) is 44.2 Å². The van der Waals surface area contributed by atoms with Crippen LogP contribution in [0.1, 0.15) is 25.7 Å². The molecule has 0 bridgehead atoms. The summed E-state index contributed by atoms with van der Waals surface area (Å²) in [6.07, 6.45) is 5.90. The number of carboxylic acid groups (broad SMARTS) is 2. The van der Waals surface area contributed by atoms with Gasteiger partial charge in [-0.15, -0.1) is 0 Å². The van der Waals surface area contributed by atoms with Gasteiger partial charge >= 0.3 is 11.9 Å². The number of hydrogen-bond acceptors (Lipinski definition) is 8. The van der Waals surface area contributed by atoms with Gasteiger partial charge in [0.2, 0.25) is 11.8 Å². The fraction of sp³-hybridized carbons (Fsp3) is 0.542. The highest BCUT2D eigenvalue weighted by Gasteiger charge is 2.48. The predicted molar refractivity (Wildman–Crippen MR) is 125 cm³/mol. The van der Waals surface area contributed by atoms with Crippen LogP contribution in [0.2, 0.25) is 0 Å². The summed E-state index contributed by atoms with van der Waals surface area (Å²) in [6.45, 7) is 4.00. The maximum absolute atomic E-state index is 12.5. The molecule has 2 aliphatic heterocycles. The van der Waals surface area contributed by atoms with Crippen molar-refractivity contribution in [3.05, 3.63) is 36.5 Å². The fourth-order valence-corrected chi connectivity index (χ4v) is 4.82. The van der Waals surface area contributed by atoms with E-state index in [0.29, 0.717) is 18.7 Å². The minimum absolute atomic E-state index is 0.0660. The first kappa shape index (κ1) is 26.3. The topological polar surface area (TPSA) is 152 Å². The van der Waals surface area contributed by atoms with Gasteiger partial charge < -0.3 is 20.2 Å². The van der Waals surface area contributed by atoms with Gasteiger partial charge in [0.15, 0.2) is 0 Å². The van der Waals surface area contributed by atoms with E-state index < -0.39 is 18.0 Å². The number of carboxylic acids is 2. The lowest BCUT2D eigenvalue weighted by Crippen LogP contribution is -2.50. The van der Waals surface area contributed by atoms with Crippen molar-refractivity contribution in [3.63, 3.8) is 0 Å². The predicted octanol–water partition coefficient (Wildman–Crippen LogP) is 0.452. The molecule has 1 aromatic heterocycles. The van der Waals surface area contributed by atoms with Crippen LogP contribution >= 0.6 is 0 Å². The van der Waals surface area contributed by atoms with Crippen LogP contribution in [0.3, 0.4) is 0 Å². The van der Waals surface area contributed by atoms with E-state index in [0.717, 1.165) is 57.7 Å². The van der Waals surface area contributed by atoms with E-state index in [9.17, 15) is 24.3 Å². The van der Waals surface area contributed by atoms with Crippen molar-refractivity contribution < 1.29 is 34.5 Å². The number of imide groups is 1. The third kappa shape index (κ3) is 7.33. The largest absolute Gasteiger partial charge is 0.478 e. The zero-order chi connectivity index (χ0) is 25.4. The molecule has 11 heteroatoms. The summed E-state index contributed by atoms with van der Waals surface area (Å²) in [4.78, 5) is 54.3. The van der Waals surface area contributed by atoms with Crippen molar-refractivity contribution in [2.45, 2.75) is 31.8 Å². The maximum Gasteiger partial charge on any atom is 0.328 e. The molecule has 11 nitrogen and oxygen atoms in total. The van der Waals surface area contributed by atoms with E-state index in [2.05, 4.69) is 14.8 Å². The minimum atomic E-state index is -1.26.